The van der Waals surface area contributed by atoms with Gasteiger partial charge in [-0.2, -0.15) is 0 Å². The van der Waals surface area contributed by atoms with Crippen molar-refractivity contribution < 1.29 is 4.74 Å². The molecule has 0 saturated carbocycles. The predicted molar refractivity (Wildman–Crippen MR) is 95.9 cm³/mol. The van der Waals surface area contributed by atoms with Crippen LogP contribution in [-0.2, 0) is 4.74 Å². The summed E-state index contributed by atoms with van der Waals surface area (Å²) in [5.41, 5.74) is 0.675. The molecule has 0 aromatic rings. The van der Waals surface area contributed by atoms with Crippen LogP contribution in [0.3, 0.4) is 0 Å². The molecule has 0 rings (SSSR count). The van der Waals surface area contributed by atoms with E-state index in [0.717, 1.165) is 6.61 Å². The number of ether oxygens (including phenoxy) is 1. The number of hydrogen-bond acceptors (Lipinski definition) is 1. The van der Waals surface area contributed by atoms with Crippen molar-refractivity contribution in [3.8, 4) is 0 Å². The zero-order valence-corrected chi connectivity index (χ0v) is 15.9. The molecule has 0 unspecified atom stereocenters. The minimum atomic E-state index is 0.0321. The molecule has 0 radical (unpaired) electrons. The molecule has 0 amide bonds. The van der Waals surface area contributed by atoms with Crippen LogP contribution in [0.2, 0.25) is 0 Å². The third-order valence-corrected chi connectivity index (χ3v) is 5.14. The van der Waals surface area contributed by atoms with Crippen LogP contribution in [0.15, 0.2) is 0 Å². The second-order valence-electron chi connectivity index (χ2n) is 7.75. The maximum Gasteiger partial charge on any atom is 0.0598 e. The van der Waals surface area contributed by atoms with Gasteiger partial charge in [-0.05, 0) is 39.0 Å². The molecule has 0 N–H and O–H groups in total. The average Bonchev–Trinajstić information content (AvgIpc) is 2.44. The lowest BCUT2D eigenvalue weighted by atomic mass is 9.75. The van der Waals surface area contributed by atoms with Crippen LogP contribution >= 0.6 is 0 Å². The molecule has 0 aliphatic rings. The Labute approximate surface area is 135 Å². The summed E-state index contributed by atoms with van der Waals surface area (Å²) in [5.74, 6) is 0. The first kappa shape index (κ1) is 21.0. The van der Waals surface area contributed by atoms with Gasteiger partial charge in [0.2, 0.25) is 0 Å². The highest BCUT2D eigenvalue weighted by molar-refractivity contribution is 4.74. The largest absolute Gasteiger partial charge is 0.376 e. The van der Waals surface area contributed by atoms with E-state index in [9.17, 15) is 0 Å². The van der Waals surface area contributed by atoms with Gasteiger partial charge >= 0.3 is 0 Å². The maximum absolute atomic E-state index is 5.75. The summed E-state index contributed by atoms with van der Waals surface area (Å²) in [6.45, 7) is 14.4. The second-order valence-corrected chi connectivity index (χ2v) is 7.75. The molecule has 0 aromatic heterocycles. The molecule has 0 aliphatic carbocycles. The van der Waals surface area contributed by atoms with Crippen LogP contribution in [0, 0.1) is 5.41 Å². The molecule has 1 heteroatoms. The Balaban J connectivity index is 3.41. The summed E-state index contributed by atoms with van der Waals surface area (Å²) in [5, 5.41) is 0. The lowest BCUT2D eigenvalue weighted by molar-refractivity contribution is -0.00475. The minimum absolute atomic E-state index is 0.0321. The normalized spacial score (nSPS) is 12.9. The van der Waals surface area contributed by atoms with Crippen molar-refractivity contribution in [1.29, 1.82) is 0 Å². The van der Waals surface area contributed by atoms with Crippen molar-refractivity contribution in [1.82, 2.24) is 0 Å². The van der Waals surface area contributed by atoms with E-state index in [2.05, 4.69) is 41.5 Å². The lowest BCUT2D eigenvalue weighted by Gasteiger charge is -2.30. The highest BCUT2D eigenvalue weighted by Gasteiger charge is 2.22. The van der Waals surface area contributed by atoms with Crippen molar-refractivity contribution in [3.05, 3.63) is 0 Å². The van der Waals surface area contributed by atoms with Gasteiger partial charge in [-0.15, -0.1) is 0 Å². The van der Waals surface area contributed by atoms with Gasteiger partial charge in [0.25, 0.3) is 0 Å². The van der Waals surface area contributed by atoms with E-state index in [1.165, 1.54) is 70.6 Å². The number of unbranched alkanes of at least 4 members (excludes halogenated alkanes) is 6. The standard InChI is InChI=1S/C20H42O/c1-7-20(8-2,9-3)17-15-13-11-10-12-14-16-18-21-19(4,5)6/h7-18H2,1-6H3. The fourth-order valence-electron chi connectivity index (χ4n) is 3.14. The van der Waals surface area contributed by atoms with Crippen LogP contribution in [-0.4, -0.2) is 12.2 Å². The fraction of sp³-hybridized carbons (Fsp3) is 1.00. The van der Waals surface area contributed by atoms with E-state index >= 15 is 0 Å². The molecule has 128 valence electrons. The van der Waals surface area contributed by atoms with E-state index in [4.69, 9.17) is 4.74 Å². The third kappa shape index (κ3) is 11.2. The van der Waals surface area contributed by atoms with Crippen molar-refractivity contribution in [2.75, 3.05) is 6.61 Å². The van der Waals surface area contributed by atoms with E-state index in [1.807, 2.05) is 0 Å². The monoisotopic (exact) mass is 298 g/mol. The fourth-order valence-corrected chi connectivity index (χ4v) is 3.14. The molecular formula is C20H42O. The second kappa shape index (κ2) is 11.5. The van der Waals surface area contributed by atoms with Crippen molar-refractivity contribution >= 4 is 0 Å². The quantitative estimate of drug-likeness (QED) is 0.328. The summed E-state index contributed by atoms with van der Waals surface area (Å²) < 4.78 is 5.75. The van der Waals surface area contributed by atoms with Gasteiger partial charge in [0.15, 0.2) is 0 Å². The van der Waals surface area contributed by atoms with E-state index in [0.29, 0.717) is 5.41 Å². The van der Waals surface area contributed by atoms with Crippen molar-refractivity contribution in [2.24, 2.45) is 5.41 Å². The van der Waals surface area contributed by atoms with Crippen LogP contribution in [0.1, 0.15) is 112 Å². The van der Waals surface area contributed by atoms with Crippen molar-refractivity contribution in [3.63, 3.8) is 0 Å². The van der Waals surface area contributed by atoms with Crippen LogP contribution < -0.4 is 0 Å². The molecule has 0 spiro atoms. The third-order valence-electron chi connectivity index (χ3n) is 5.14. The summed E-state index contributed by atoms with van der Waals surface area (Å²) in [4.78, 5) is 0. The first-order valence-corrected chi connectivity index (χ1v) is 9.53. The lowest BCUT2D eigenvalue weighted by Crippen LogP contribution is -2.19. The Morgan fingerprint density at radius 3 is 1.48 bits per heavy atom. The smallest absolute Gasteiger partial charge is 0.0598 e. The van der Waals surface area contributed by atoms with E-state index in [1.54, 1.807) is 0 Å². The minimum Gasteiger partial charge on any atom is -0.376 e. The molecule has 0 saturated heterocycles. The molecule has 21 heavy (non-hydrogen) atoms. The SMILES string of the molecule is CCC(CC)(CC)CCCCCCCCCOC(C)(C)C. The van der Waals surface area contributed by atoms with Crippen LogP contribution in [0.25, 0.3) is 0 Å². The number of rotatable bonds is 13. The van der Waals surface area contributed by atoms with Crippen LogP contribution in [0.4, 0.5) is 0 Å². The molecule has 1 nitrogen and oxygen atoms in total. The van der Waals surface area contributed by atoms with Gasteiger partial charge in [0.1, 0.15) is 0 Å². The summed E-state index contributed by atoms with van der Waals surface area (Å²) in [7, 11) is 0. The number of hydrogen-bond donors (Lipinski definition) is 0. The van der Waals surface area contributed by atoms with Gasteiger partial charge in [-0.25, -0.2) is 0 Å². The molecule has 0 heterocycles. The topological polar surface area (TPSA) is 9.23 Å². The molecule has 0 fully saturated rings. The Hall–Kier alpha value is -0.0400. The Morgan fingerprint density at radius 2 is 1.05 bits per heavy atom. The van der Waals surface area contributed by atoms with Crippen molar-refractivity contribution in [2.45, 2.75) is 118 Å². The predicted octanol–water partition coefficient (Wildman–Crippen LogP) is 7.14. The van der Waals surface area contributed by atoms with E-state index < -0.39 is 0 Å². The van der Waals surface area contributed by atoms with Gasteiger partial charge in [-0.1, -0.05) is 78.6 Å². The Kier molecular flexibility index (Phi) is 11.5. The highest BCUT2D eigenvalue weighted by atomic mass is 16.5. The van der Waals surface area contributed by atoms with E-state index in [-0.39, 0.29) is 5.60 Å². The van der Waals surface area contributed by atoms with Gasteiger partial charge < -0.3 is 4.74 Å². The van der Waals surface area contributed by atoms with Gasteiger partial charge in [-0.3, -0.25) is 0 Å². The molecular weight excluding hydrogens is 256 g/mol. The molecule has 0 aliphatic heterocycles. The maximum atomic E-state index is 5.75. The molecule has 0 bridgehead atoms. The van der Waals surface area contributed by atoms with Gasteiger partial charge in [0, 0.05) is 6.61 Å². The Morgan fingerprint density at radius 1 is 0.619 bits per heavy atom. The zero-order valence-electron chi connectivity index (χ0n) is 15.9. The Bertz CT molecular complexity index is 214. The van der Waals surface area contributed by atoms with Crippen LogP contribution in [0.5, 0.6) is 0 Å². The summed E-state index contributed by atoms with van der Waals surface area (Å²) >= 11 is 0. The average molecular weight is 299 g/mol. The zero-order chi connectivity index (χ0) is 16.2. The van der Waals surface area contributed by atoms with Gasteiger partial charge in [0.05, 0.1) is 5.60 Å². The molecule has 0 atom stereocenters. The summed E-state index contributed by atoms with van der Waals surface area (Å²) in [6.07, 6.45) is 15.1. The highest BCUT2D eigenvalue weighted by Crippen LogP contribution is 2.36. The summed E-state index contributed by atoms with van der Waals surface area (Å²) in [6, 6.07) is 0. The molecule has 0 aromatic carbocycles. The first-order chi connectivity index (χ1) is 9.89. The first-order valence-electron chi connectivity index (χ1n) is 9.53.